The monoisotopic (exact) mass is 248 g/mol. The third-order valence-corrected chi connectivity index (χ3v) is 3.56. The Morgan fingerprint density at radius 3 is 3.11 bits per heavy atom. The molecule has 0 amide bonds. The Morgan fingerprint density at radius 2 is 2.39 bits per heavy atom. The minimum Gasteiger partial charge on any atom is -0.469 e. The molecule has 2 heterocycles. The van der Waals surface area contributed by atoms with Crippen molar-refractivity contribution in [2.45, 2.75) is 38.6 Å². The van der Waals surface area contributed by atoms with E-state index in [9.17, 15) is 4.79 Å². The summed E-state index contributed by atoms with van der Waals surface area (Å²) in [7, 11) is 1.45. The third-order valence-electron chi connectivity index (χ3n) is 3.56. The zero-order chi connectivity index (χ0) is 13.0. The van der Waals surface area contributed by atoms with Crippen molar-refractivity contribution in [3.63, 3.8) is 0 Å². The number of hydrogen-bond acceptors (Lipinski definition) is 4. The normalized spacial score (nSPS) is 19.7. The van der Waals surface area contributed by atoms with E-state index in [-0.39, 0.29) is 12.0 Å². The van der Waals surface area contributed by atoms with Crippen LogP contribution in [0.3, 0.4) is 0 Å². The summed E-state index contributed by atoms with van der Waals surface area (Å²) in [5, 5.41) is 0. The average molecular weight is 248 g/mol. The van der Waals surface area contributed by atoms with Gasteiger partial charge in [0.1, 0.15) is 0 Å². The van der Waals surface area contributed by atoms with Crippen molar-refractivity contribution >= 4 is 11.7 Å². The first-order valence-corrected chi connectivity index (χ1v) is 6.46. The second-order valence-electron chi connectivity index (χ2n) is 4.79. The van der Waals surface area contributed by atoms with Crippen LogP contribution in [0.4, 0.5) is 5.69 Å². The van der Waals surface area contributed by atoms with Gasteiger partial charge in [0.15, 0.2) is 0 Å². The minimum atomic E-state index is -0.126. The number of carbonyl (C=O) groups is 1. The lowest BCUT2D eigenvalue weighted by atomic mass is 9.98. The number of piperidine rings is 1. The van der Waals surface area contributed by atoms with Crippen molar-refractivity contribution in [1.29, 1.82) is 0 Å². The molecule has 0 aliphatic carbocycles. The van der Waals surface area contributed by atoms with Crippen LogP contribution in [0, 0.1) is 6.92 Å². The van der Waals surface area contributed by atoms with Crippen LogP contribution in [0.1, 0.15) is 31.2 Å². The molecular weight excluding hydrogens is 228 g/mol. The molecule has 0 N–H and O–H groups in total. The smallest absolute Gasteiger partial charge is 0.307 e. The van der Waals surface area contributed by atoms with Crippen molar-refractivity contribution in [3.8, 4) is 0 Å². The van der Waals surface area contributed by atoms with E-state index in [1.807, 2.05) is 18.5 Å². The lowest BCUT2D eigenvalue weighted by Crippen LogP contribution is -2.41. The number of aromatic nitrogens is 1. The molecule has 98 valence electrons. The molecule has 18 heavy (non-hydrogen) atoms. The van der Waals surface area contributed by atoms with E-state index >= 15 is 0 Å². The quantitative estimate of drug-likeness (QED) is 0.770. The van der Waals surface area contributed by atoms with Gasteiger partial charge < -0.3 is 9.64 Å². The minimum absolute atomic E-state index is 0.126. The summed E-state index contributed by atoms with van der Waals surface area (Å²) in [5.74, 6) is -0.126. The van der Waals surface area contributed by atoms with Gasteiger partial charge in [-0.2, -0.15) is 0 Å². The second kappa shape index (κ2) is 5.85. The number of methoxy groups -OCH3 is 1. The highest BCUT2D eigenvalue weighted by Gasteiger charge is 2.26. The van der Waals surface area contributed by atoms with E-state index in [0.717, 1.165) is 18.5 Å². The Hall–Kier alpha value is -1.58. The highest BCUT2D eigenvalue weighted by Crippen LogP contribution is 2.28. The number of esters is 1. The number of hydrogen-bond donors (Lipinski definition) is 0. The van der Waals surface area contributed by atoms with Gasteiger partial charge in [-0.3, -0.25) is 9.78 Å². The van der Waals surface area contributed by atoms with E-state index in [1.165, 1.54) is 25.6 Å². The van der Waals surface area contributed by atoms with Gasteiger partial charge in [-0.1, -0.05) is 0 Å². The van der Waals surface area contributed by atoms with Gasteiger partial charge in [-0.25, -0.2) is 0 Å². The number of carbonyl (C=O) groups excluding carboxylic acids is 1. The van der Waals surface area contributed by atoms with Crippen LogP contribution in [0.2, 0.25) is 0 Å². The van der Waals surface area contributed by atoms with Crippen molar-refractivity contribution in [2.75, 3.05) is 18.6 Å². The van der Waals surface area contributed by atoms with Crippen LogP contribution in [-0.4, -0.2) is 30.6 Å². The number of aryl methyl sites for hydroxylation is 1. The largest absolute Gasteiger partial charge is 0.469 e. The summed E-state index contributed by atoms with van der Waals surface area (Å²) < 4.78 is 4.79. The van der Waals surface area contributed by atoms with E-state index in [1.54, 1.807) is 0 Å². The summed E-state index contributed by atoms with van der Waals surface area (Å²) in [6.45, 7) is 3.07. The van der Waals surface area contributed by atoms with Gasteiger partial charge in [0.25, 0.3) is 0 Å². The molecule has 1 atom stereocenters. The standard InChI is InChI=1S/C14H20N2O2/c1-11-10-15-7-6-13(11)16-8-4-3-5-12(16)9-14(17)18-2/h6-7,10,12H,3-5,8-9H2,1-2H3. The predicted octanol–water partition coefficient (Wildman–Crippen LogP) is 2.31. The molecule has 2 rings (SSSR count). The van der Waals surface area contributed by atoms with Crippen LogP contribution >= 0.6 is 0 Å². The lowest BCUT2D eigenvalue weighted by molar-refractivity contribution is -0.141. The molecule has 1 unspecified atom stereocenters. The van der Waals surface area contributed by atoms with Crippen LogP contribution in [0.25, 0.3) is 0 Å². The molecule has 0 aromatic carbocycles. The van der Waals surface area contributed by atoms with E-state index < -0.39 is 0 Å². The van der Waals surface area contributed by atoms with Crippen LogP contribution in [-0.2, 0) is 9.53 Å². The molecule has 1 aromatic rings. The molecule has 4 heteroatoms. The van der Waals surface area contributed by atoms with Gasteiger partial charge >= 0.3 is 5.97 Å². The number of rotatable bonds is 3. The summed E-state index contributed by atoms with van der Waals surface area (Å²) in [4.78, 5) is 17.9. The Labute approximate surface area is 108 Å². The fourth-order valence-electron chi connectivity index (χ4n) is 2.59. The Morgan fingerprint density at radius 1 is 1.56 bits per heavy atom. The van der Waals surface area contributed by atoms with Crippen molar-refractivity contribution in [2.24, 2.45) is 0 Å². The molecule has 1 fully saturated rings. The average Bonchev–Trinajstić information content (AvgIpc) is 2.40. The first kappa shape index (κ1) is 12.9. The molecule has 1 aliphatic rings. The van der Waals surface area contributed by atoms with Crippen molar-refractivity contribution in [1.82, 2.24) is 4.98 Å². The highest BCUT2D eigenvalue weighted by atomic mass is 16.5. The maximum absolute atomic E-state index is 11.5. The van der Waals surface area contributed by atoms with Crippen LogP contribution < -0.4 is 4.90 Å². The number of ether oxygens (including phenoxy) is 1. The molecule has 1 saturated heterocycles. The zero-order valence-corrected chi connectivity index (χ0v) is 11.1. The lowest BCUT2D eigenvalue weighted by Gasteiger charge is -2.37. The van der Waals surface area contributed by atoms with Gasteiger partial charge in [-0.15, -0.1) is 0 Å². The van der Waals surface area contributed by atoms with E-state index in [0.29, 0.717) is 6.42 Å². The summed E-state index contributed by atoms with van der Waals surface area (Å²) in [6, 6.07) is 2.29. The number of nitrogens with zero attached hydrogens (tertiary/aromatic N) is 2. The van der Waals surface area contributed by atoms with Crippen LogP contribution in [0.15, 0.2) is 18.5 Å². The predicted molar refractivity (Wildman–Crippen MR) is 70.6 cm³/mol. The number of pyridine rings is 1. The zero-order valence-electron chi connectivity index (χ0n) is 11.1. The van der Waals surface area contributed by atoms with Crippen molar-refractivity contribution < 1.29 is 9.53 Å². The third kappa shape index (κ3) is 2.81. The SMILES string of the molecule is COC(=O)CC1CCCCN1c1ccncc1C. The summed E-state index contributed by atoms with van der Waals surface area (Å²) >= 11 is 0. The number of anilines is 1. The van der Waals surface area contributed by atoms with Gasteiger partial charge in [-0.05, 0) is 37.8 Å². The highest BCUT2D eigenvalue weighted by molar-refractivity contribution is 5.71. The maximum Gasteiger partial charge on any atom is 0.307 e. The summed E-state index contributed by atoms with van der Waals surface area (Å²) in [6.07, 6.45) is 7.57. The van der Waals surface area contributed by atoms with Crippen molar-refractivity contribution in [3.05, 3.63) is 24.0 Å². The van der Waals surface area contributed by atoms with E-state index in [2.05, 4.69) is 16.8 Å². The molecule has 1 aliphatic heterocycles. The Bertz CT molecular complexity index is 420. The molecule has 0 spiro atoms. The summed E-state index contributed by atoms with van der Waals surface area (Å²) in [5.41, 5.74) is 2.35. The molecule has 1 aromatic heterocycles. The first-order valence-electron chi connectivity index (χ1n) is 6.46. The molecular formula is C14H20N2O2. The fourth-order valence-corrected chi connectivity index (χ4v) is 2.59. The topological polar surface area (TPSA) is 42.4 Å². The molecule has 0 bridgehead atoms. The Balaban J connectivity index is 2.17. The molecule has 0 radical (unpaired) electrons. The second-order valence-corrected chi connectivity index (χ2v) is 4.79. The molecule has 4 nitrogen and oxygen atoms in total. The van der Waals surface area contributed by atoms with Crippen LogP contribution in [0.5, 0.6) is 0 Å². The van der Waals surface area contributed by atoms with Gasteiger partial charge in [0, 0.05) is 30.7 Å². The Kier molecular flexibility index (Phi) is 4.18. The van der Waals surface area contributed by atoms with E-state index in [4.69, 9.17) is 4.74 Å². The van der Waals surface area contributed by atoms with Gasteiger partial charge in [0.2, 0.25) is 0 Å². The first-order chi connectivity index (χ1) is 8.72. The van der Waals surface area contributed by atoms with Gasteiger partial charge in [0.05, 0.1) is 13.5 Å². The fraction of sp³-hybridized carbons (Fsp3) is 0.571. The molecule has 0 saturated carbocycles. The maximum atomic E-state index is 11.5.